The number of rotatable bonds is 12. The molecule has 0 aliphatic carbocycles. The molecule has 1 N–H and O–H groups in total. The Morgan fingerprint density at radius 3 is 1.76 bits per heavy atom. The van der Waals surface area contributed by atoms with E-state index in [-0.39, 0.29) is 0 Å². The van der Waals surface area contributed by atoms with Crippen molar-refractivity contribution in [1.29, 1.82) is 0 Å². The van der Waals surface area contributed by atoms with Gasteiger partial charge in [0.25, 0.3) is 0 Å². The van der Waals surface area contributed by atoms with Crippen LogP contribution in [0.25, 0.3) is 0 Å². The fourth-order valence-electron chi connectivity index (χ4n) is 1.67. The van der Waals surface area contributed by atoms with E-state index in [4.69, 9.17) is 13.3 Å². The molecule has 4 nitrogen and oxygen atoms in total. The summed E-state index contributed by atoms with van der Waals surface area (Å²) in [6.07, 6.45) is 2.43. The van der Waals surface area contributed by atoms with Gasteiger partial charge in [0, 0.05) is 25.9 Å². The predicted octanol–water partition coefficient (Wildman–Crippen LogP) is 2.42. The molecular formula is C12H29NO3Si. The number of hydrogen-bond acceptors (Lipinski definition) is 4. The molecule has 0 atom stereocenters. The maximum absolute atomic E-state index is 5.77. The molecule has 17 heavy (non-hydrogen) atoms. The summed E-state index contributed by atoms with van der Waals surface area (Å²) >= 11 is 0. The third-order valence-corrected chi connectivity index (χ3v) is 5.46. The molecule has 0 saturated heterocycles. The summed E-state index contributed by atoms with van der Waals surface area (Å²) in [6, 6.07) is 0.853. The molecule has 0 aromatic carbocycles. The first-order valence-corrected chi connectivity index (χ1v) is 8.80. The van der Waals surface area contributed by atoms with Gasteiger partial charge in [0.1, 0.15) is 0 Å². The minimum atomic E-state index is -2.42. The summed E-state index contributed by atoms with van der Waals surface area (Å²) in [5, 5.41) is 3.41. The van der Waals surface area contributed by atoms with Crippen LogP contribution < -0.4 is 5.32 Å². The van der Waals surface area contributed by atoms with Gasteiger partial charge in [0.05, 0.1) is 0 Å². The van der Waals surface area contributed by atoms with Crippen molar-refractivity contribution in [3.8, 4) is 0 Å². The molecule has 5 heteroatoms. The second-order valence-corrected chi connectivity index (χ2v) is 6.57. The molecule has 0 aromatic heterocycles. The van der Waals surface area contributed by atoms with Crippen LogP contribution in [0.3, 0.4) is 0 Å². The zero-order valence-corrected chi connectivity index (χ0v) is 12.9. The van der Waals surface area contributed by atoms with Crippen LogP contribution in [-0.4, -0.2) is 41.7 Å². The zero-order chi connectivity index (χ0) is 13.0. The molecule has 0 rings (SSSR count). The lowest BCUT2D eigenvalue weighted by Crippen LogP contribution is -2.48. The molecule has 0 spiro atoms. The monoisotopic (exact) mass is 263 g/mol. The Morgan fingerprint density at radius 1 is 0.824 bits per heavy atom. The summed E-state index contributed by atoms with van der Waals surface area (Å²) in [7, 11) is -2.42. The second kappa shape index (κ2) is 11.2. The average Bonchev–Trinajstić information content (AvgIpc) is 2.30. The molecule has 104 valence electrons. The maximum atomic E-state index is 5.77. The van der Waals surface area contributed by atoms with Crippen LogP contribution in [0.5, 0.6) is 0 Å². The Morgan fingerprint density at radius 2 is 1.35 bits per heavy atom. The van der Waals surface area contributed by atoms with E-state index >= 15 is 0 Å². The molecule has 0 aliphatic heterocycles. The lowest BCUT2D eigenvalue weighted by atomic mass is 10.3. The summed E-state index contributed by atoms with van der Waals surface area (Å²) < 4.78 is 17.3. The van der Waals surface area contributed by atoms with Gasteiger partial charge in [-0.2, -0.15) is 0 Å². The third kappa shape index (κ3) is 7.89. The van der Waals surface area contributed by atoms with Crippen LogP contribution in [0.15, 0.2) is 0 Å². The largest absolute Gasteiger partial charge is 0.502 e. The van der Waals surface area contributed by atoms with Gasteiger partial charge in [-0.05, 0) is 40.3 Å². The van der Waals surface area contributed by atoms with E-state index in [1.807, 2.05) is 20.8 Å². The van der Waals surface area contributed by atoms with Gasteiger partial charge in [0.2, 0.25) is 0 Å². The van der Waals surface area contributed by atoms with Crippen molar-refractivity contribution in [1.82, 2.24) is 5.32 Å². The van der Waals surface area contributed by atoms with Crippen molar-refractivity contribution in [2.24, 2.45) is 0 Å². The molecule has 0 aromatic rings. The van der Waals surface area contributed by atoms with E-state index in [2.05, 4.69) is 12.2 Å². The molecule has 0 fully saturated rings. The summed E-state index contributed by atoms with van der Waals surface area (Å²) in [5.74, 6) is 0. The highest BCUT2D eigenvalue weighted by Crippen LogP contribution is 2.15. The highest BCUT2D eigenvalue weighted by atomic mass is 28.4. The SMILES string of the molecule is CCCCNCC[Si](OCC)(OCC)OCC. The fraction of sp³-hybridized carbons (Fsp3) is 1.00. The minimum Gasteiger partial charge on any atom is -0.374 e. The average molecular weight is 263 g/mol. The van der Waals surface area contributed by atoms with Crippen molar-refractivity contribution >= 4 is 8.80 Å². The van der Waals surface area contributed by atoms with Crippen molar-refractivity contribution in [2.75, 3.05) is 32.9 Å². The van der Waals surface area contributed by atoms with E-state index in [9.17, 15) is 0 Å². The van der Waals surface area contributed by atoms with E-state index in [0.29, 0.717) is 19.8 Å². The predicted molar refractivity (Wildman–Crippen MR) is 73.2 cm³/mol. The first-order chi connectivity index (χ1) is 8.24. The Balaban J connectivity index is 4.05. The zero-order valence-electron chi connectivity index (χ0n) is 11.9. The van der Waals surface area contributed by atoms with E-state index in [1.165, 1.54) is 12.8 Å². The lowest BCUT2D eigenvalue weighted by molar-refractivity contribution is 0.0714. The Hall–Kier alpha value is 0.0569. The molecule has 0 bridgehead atoms. The standard InChI is InChI=1S/C12H29NO3Si/c1-5-9-10-13-11-12-17(14-6-2,15-7-3)16-8-4/h13H,5-12H2,1-4H3. The van der Waals surface area contributed by atoms with Crippen LogP contribution in [0.4, 0.5) is 0 Å². The molecule has 0 radical (unpaired) electrons. The van der Waals surface area contributed by atoms with E-state index in [1.54, 1.807) is 0 Å². The van der Waals surface area contributed by atoms with Crippen LogP contribution in [0.1, 0.15) is 40.5 Å². The minimum absolute atomic E-state index is 0.654. The second-order valence-electron chi connectivity index (χ2n) is 3.84. The van der Waals surface area contributed by atoms with E-state index < -0.39 is 8.80 Å². The molecule has 0 heterocycles. The molecule has 0 amide bonds. The number of hydrogen-bond donors (Lipinski definition) is 1. The Labute approximate surface area is 107 Å². The smallest absolute Gasteiger partial charge is 0.374 e. The number of unbranched alkanes of at least 4 members (excludes halogenated alkanes) is 1. The summed E-state index contributed by atoms with van der Waals surface area (Å²) in [6.45, 7) is 12.1. The molecule has 0 aliphatic rings. The van der Waals surface area contributed by atoms with Crippen molar-refractivity contribution in [3.63, 3.8) is 0 Å². The highest BCUT2D eigenvalue weighted by Gasteiger charge is 2.39. The van der Waals surface area contributed by atoms with Gasteiger partial charge >= 0.3 is 8.80 Å². The van der Waals surface area contributed by atoms with Gasteiger partial charge in [-0.25, -0.2) is 0 Å². The van der Waals surface area contributed by atoms with Crippen LogP contribution in [0, 0.1) is 0 Å². The van der Waals surface area contributed by atoms with E-state index in [0.717, 1.165) is 19.1 Å². The summed E-state index contributed by atoms with van der Waals surface area (Å²) in [5.41, 5.74) is 0. The topological polar surface area (TPSA) is 39.7 Å². The molecule has 0 unspecified atom stereocenters. The van der Waals surface area contributed by atoms with Crippen LogP contribution in [-0.2, 0) is 13.3 Å². The number of nitrogens with one attached hydrogen (secondary N) is 1. The normalized spacial score (nSPS) is 12.0. The van der Waals surface area contributed by atoms with Crippen molar-refractivity contribution < 1.29 is 13.3 Å². The Bertz CT molecular complexity index is 153. The quantitative estimate of drug-likeness (QED) is 0.434. The van der Waals surface area contributed by atoms with Crippen molar-refractivity contribution in [3.05, 3.63) is 0 Å². The molecule has 0 saturated carbocycles. The molecular weight excluding hydrogens is 234 g/mol. The van der Waals surface area contributed by atoms with Gasteiger partial charge in [-0.1, -0.05) is 13.3 Å². The third-order valence-electron chi connectivity index (χ3n) is 2.41. The van der Waals surface area contributed by atoms with Gasteiger partial charge in [-0.3, -0.25) is 0 Å². The first-order valence-electron chi connectivity index (χ1n) is 6.87. The summed E-state index contributed by atoms with van der Waals surface area (Å²) in [4.78, 5) is 0. The first kappa shape index (κ1) is 17.1. The highest BCUT2D eigenvalue weighted by molar-refractivity contribution is 6.60. The lowest BCUT2D eigenvalue weighted by Gasteiger charge is -2.28. The van der Waals surface area contributed by atoms with Gasteiger partial charge < -0.3 is 18.6 Å². The van der Waals surface area contributed by atoms with Gasteiger partial charge in [-0.15, -0.1) is 0 Å². The van der Waals surface area contributed by atoms with Crippen LogP contribution >= 0.6 is 0 Å². The van der Waals surface area contributed by atoms with Gasteiger partial charge in [0.15, 0.2) is 0 Å². The maximum Gasteiger partial charge on any atom is 0.502 e. The van der Waals surface area contributed by atoms with Crippen molar-refractivity contribution in [2.45, 2.75) is 46.6 Å². The fourth-order valence-corrected chi connectivity index (χ4v) is 4.15. The Kier molecular flexibility index (Phi) is 11.2. The van der Waals surface area contributed by atoms with Crippen LogP contribution in [0.2, 0.25) is 6.04 Å².